The first-order valence-corrected chi connectivity index (χ1v) is 7.36. The Balaban J connectivity index is 1.76. The van der Waals surface area contributed by atoms with Crippen molar-refractivity contribution >= 4 is 40.9 Å². The summed E-state index contributed by atoms with van der Waals surface area (Å²) in [6.07, 6.45) is 6.48. The van der Waals surface area contributed by atoms with E-state index in [1.54, 1.807) is 12.3 Å². The summed E-state index contributed by atoms with van der Waals surface area (Å²) in [5.74, 6) is -1.54. The van der Waals surface area contributed by atoms with E-state index in [4.69, 9.17) is 16.7 Å². The topological polar surface area (TPSA) is 83.7 Å². The van der Waals surface area contributed by atoms with Crippen LogP contribution in [0, 0.1) is 0 Å². The highest BCUT2D eigenvalue weighted by atomic mass is 35.5. The number of carbonyl (C=O) groups is 2. The van der Waals surface area contributed by atoms with E-state index in [2.05, 4.69) is 10.3 Å². The fourth-order valence-corrected chi connectivity index (χ4v) is 2.39. The molecular weight excluding hydrogens is 330 g/mol. The summed E-state index contributed by atoms with van der Waals surface area (Å²) in [4.78, 5) is 27.3. The van der Waals surface area contributed by atoms with Crippen molar-refractivity contribution in [3.05, 3.63) is 71.1 Å². The molecule has 0 atom stereocenters. The fourth-order valence-electron chi connectivity index (χ4n) is 2.19. The lowest BCUT2D eigenvalue weighted by molar-refractivity contribution is -0.111. The average Bonchev–Trinajstić information content (AvgIpc) is 2.98. The molecule has 24 heavy (non-hydrogen) atoms. The number of amides is 1. The van der Waals surface area contributed by atoms with E-state index in [1.807, 2.05) is 28.8 Å². The molecule has 0 spiro atoms. The number of aromatic carboxylic acids is 1. The van der Waals surface area contributed by atoms with Crippen molar-refractivity contribution in [1.29, 1.82) is 0 Å². The summed E-state index contributed by atoms with van der Waals surface area (Å²) in [5.41, 5.74) is 1.81. The van der Waals surface area contributed by atoms with Crippen molar-refractivity contribution in [3.8, 4) is 0 Å². The molecule has 0 fully saturated rings. The van der Waals surface area contributed by atoms with Gasteiger partial charge in [0.25, 0.3) is 0 Å². The number of rotatable bonds is 4. The number of hydrogen-bond donors (Lipinski definition) is 2. The number of nitrogens with one attached hydrogen (secondary N) is 1. The molecule has 120 valence electrons. The molecule has 1 amide bonds. The molecule has 2 N–H and O–H groups in total. The van der Waals surface area contributed by atoms with Crippen LogP contribution >= 0.6 is 11.6 Å². The SMILES string of the molecule is O=C(/C=C/c1cnc2ccccn12)Nc1ccc(Cl)c(C(=O)O)c1. The van der Waals surface area contributed by atoms with Crippen LogP contribution in [0.1, 0.15) is 16.1 Å². The van der Waals surface area contributed by atoms with Gasteiger partial charge in [-0.3, -0.25) is 4.79 Å². The van der Waals surface area contributed by atoms with Crippen LogP contribution in [0.25, 0.3) is 11.7 Å². The lowest BCUT2D eigenvalue weighted by Gasteiger charge is -2.05. The van der Waals surface area contributed by atoms with E-state index in [0.717, 1.165) is 11.3 Å². The second-order valence-electron chi connectivity index (χ2n) is 4.93. The van der Waals surface area contributed by atoms with Crippen molar-refractivity contribution in [2.24, 2.45) is 0 Å². The second-order valence-corrected chi connectivity index (χ2v) is 5.34. The minimum absolute atomic E-state index is 0.0692. The molecule has 0 unspecified atom stereocenters. The van der Waals surface area contributed by atoms with E-state index >= 15 is 0 Å². The molecule has 0 aliphatic heterocycles. The zero-order valence-corrected chi connectivity index (χ0v) is 13.1. The number of carboxylic acid groups (broad SMARTS) is 1. The van der Waals surface area contributed by atoms with Gasteiger partial charge in [-0.25, -0.2) is 9.78 Å². The number of imidazole rings is 1. The minimum atomic E-state index is -1.16. The van der Waals surface area contributed by atoms with E-state index < -0.39 is 5.97 Å². The number of hydrogen-bond acceptors (Lipinski definition) is 3. The fraction of sp³-hybridized carbons (Fsp3) is 0. The van der Waals surface area contributed by atoms with Crippen LogP contribution in [0.15, 0.2) is 54.9 Å². The van der Waals surface area contributed by atoms with Gasteiger partial charge in [-0.2, -0.15) is 0 Å². The van der Waals surface area contributed by atoms with Crippen molar-refractivity contribution in [2.45, 2.75) is 0 Å². The number of carbonyl (C=O) groups excluding carboxylic acids is 1. The summed E-state index contributed by atoms with van der Waals surface area (Å²) in [7, 11) is 0. The maximum absolute atomic E-state index is 12.0. The third kappa shape index (κ3) is 3.28. The molecule has 6 nitrogen and oxygen atoms in total. The highest BCUT2D eigenvalue weighted by Gasteiger charge is 2.10. The smallest absolute Gasteiger partial charge is 0.337 e. The molecule has 0 bridgehead atoms. The normalized spacial score (nSPS) is 11.0. The standard InChI is InChI=1S/C17H12ClN3O3/c18-14-6-4-11(9-13(14)17(23)24)20-16(22)7-5-12-10-19-15-3-1-2-8-21(12)15/h1-10H,(H,20,22)(H,23,24)/b7-5+. The molecule has 0 aliphatic carbocycles. The van der Waals surface area contributed by atoms with Crippen LogP contribution in [0.5, 0.6) is 0 Å². The number of aromatic nitrogens is 2. The highest BCUT2D eigenvalue weighted by molar-refractivity contribution is 6.33. The van der Waals surface area contributed by atoms with Gasteiger partial charge in [0.05, 0.1) is 22.5 Å². The number of halogens is 1. The van der Waals surface area contributed by atoms with E-state index in [0.29, 0.717) is 5.69 Å². The molecule has 0 saturated carbocycles. The zero-order chi connectivity index (χ0) is 17.1. The van der Waals surface area contributed by atoms with Crippen LogP contribution in [0.4, 0.5) is 5.69 Å². The monoisotopic (exact) mass is 341 g/mol. The molecule has 7 heteroatoms. The average molecular weight is 342 g/mol. The Kier molecular flexibility index (Phi) is 4.31. The summed E-state index contributed by atoms with van der Waals surface area (Å²) in [5, 5.41) is 11.7. The van der Waals surface area contributed by atoms with Gasteiger partial charge in [-0.15, -0.1) is 0 Å². The zero-order valence-electron chi connectivity index (χ0n) is 12.3. The molecule has 3 rings (SSSR count). The molecule has 0 saturated heterocycles. The molecule has 0 radical (unpaired) electrons. The molecular formula is C17H12ClN3O3. The molecule has 1 aromatic carbocycles. The maximum Gasteiger partial charge on any atom is 0.337 e. The lowest BCUT2D eigenvalue weighted by atomic mass is 10.2. The van der Waals surface area contributed by atoms with Crippen molar-refractivity contribution in [3.63, 3.8) is 0 Å². The van der Waals surface area contributed by atoms with Gasteiger partial charge in [-0.05, 0) is 36.4 Å². The summed E-state index contributed by atoms with van der Waals surface area (Å²) in [6.45, 7) is 0. The van der Waals surface area contributed by atoms with E-state index in [1.165, 1.54) is 24.3 Å². The van der Waals surface area contributed by atoms with Gasteiger partial charge in [0.15, 0.2) is 0 Å². The van der Waals surface area contributed by atoms with Crippen LogP contribution < -0.4 is 5.32 Å². The lowest BCUT2D eigenvalue weighted by Crippen LogP contribution is -2.09. The van der Waals surface area contributed by atoms with Gasteiger partial charge in [0.1, 0.15) is 5.65 Å². The van der Waals surface area contributed by atoms with Crippen LogP contribution in [0.2, 0.25) is 5.02 Å². The Morgan fingerprint density at radius 2 is 2.08 bits per heavy atom. The van der Waals surface area contributed by atoms with Gasteiger partial charge in [0, 0.05) is 18.0 Å². The molecule has 2 aromatic heterocycles. The Morgan fingerprint density at radius 3 is 2.88 bits per heavy atom. The second kappa shape index (κ2) is 6.55. The van der Waals surface area contributed by atoms with E-state index in [9.17, 15) is 9.59 Å². The predicted molar refractivity (Wildman–Crippen MR) is 91.3 cm³/mol. The molecule has 2 heterocycles. The van der Waals surface area contributed by atoms with Crippen LogP contribution in [-0.2, 0) is 4.79 Å². The number of nitrogens with zero attached hydrogens (tertiary/aromatic N) is 2. The number of carboxylic acids is 1. The summed E-state index contributed by atoms with van der Waals surface area (Å²) in [6, 6.07) is 9.88. The van der Waals surface area contributed by atoms with Gasteiger partial charge in [0.2, 0.25) is 5.91 Å². The maximum atomic E-state index is 12.0. The van der Waals surface area contributed by atoms with Gasteiger partial charge in [-0.1, -0.05) is 17.7 Å². The van der Waals surface area contributed by atoms with Gasteiger partial charge < -0.3 is 14.8 Å². The number of benzene rings is 1. The van der Waals surface area contributed by atoms with Crippen LogP contribution in [0.3, 0.4) is 0 Å². The number of fused-ring (bicyclic) bond motifs is 1. The Bertz CT molecular complexity index is 963. The molecule has 3 aromatic rings. The Hall–Kier alpha value is -3.12. The Labute approximate surface area is 142 Å². The number of anilines is 1. The van der Waals surface area contributed by atoms with Crippen molar-refractivity contribution in [1.82, 2.24) is 9.38 Å². The first kappa shape index (κ1) is 15.8. The van der Waals surface area contributed by atoms with Crippen molar-refractivity contribution < 1.29 is 14.7 Å². The third-order valence-electron chi connectivity index (χ3n) is 3.32. The Morgan fingerprint density at radius 1 is 1.25 bits per heavy atom. The minimum Gasteiger partial charge on any atom is -0.478 e. The number of pyridine rings is 1. The van der Waals surface area contributed by atoms with Crippen LogP contribution in [-0.4, -0.2) is 26.4 Å². The quantitative estimate of drug-likeness (QED) is 0.713. The molecule has 0 aliphatic rings. The third-order valence-corrected chi connectivity index (χ3v) is 3.64. The highest BCUT2D eigenvalue weighted by Crippen LogP contribution is 2.20. The predicted octanol–water partition coefficient (Wildman–Crippen LogP) is 3.34. The first-order chi connectivity index (χ1) is 11.5. The van der Waals surface area contributed by atoms with E-state index in [-0.39, 0.29) is 16.5 Å². The largest absolute Gasteiger partial charge is 0.478 e. The summed E-state index contributed by atoms with van der Waals surface area (Å²) >= 11 is 5.79. The summed E-state index contributed by atoms with van der Waals surface area (Å²) < 4.78 is 1.84. The van der Waals surface area contributed by atoms with Gasteiger partial charge >= 0.3 is 5.97 Å². The van der Waals surface area contributed by atoms with Crippen molar-refractivity contribution in [2.75, 3.05) is 5.32 Å². The first-order valence-electron chi connectivity index (χ1n) is 6.98.